The molecule has 0 spiro atoms. The van der Waals surface area contributed by atoms with Crippen LogP contribution in [0.3, 0.4) is 0 Å². The Bertz CT molecular complexity index is 716. The minimum Gasteiger partial charge on any atom is -0.465 e. The van der Waals surface area contributed by atoms with E-state index in [9.17, 15) is 4.79 Å². The first-order valence-corrected chi connectivity index (χ1v) is 8.10. The van der Waals surface area contributed by atoms with Gasteiger partial charge in [0.15, 0.2) is 0 Å². The van der Waals surface area contributed by atoms with Gasteiger partial charge in [-0.25, -0.2) is 4.79 Å². The van der Waals surface area contributed by atoms with Crippen molar-refractivity contribution in [2.45, 2.75) is 10.0 Å². The maximum atomic E-state index is 11.8. The summed E-state index contributed by atoms with van der Waals surface area (Å²) in [7, 11) is 3.14. The van der Waals surface area contributed by atoms with Crippen molar-refractivity contribution < 1.29 is 9.53 Å². The van der Waals surface area contributed by atoms with Gasteiger partial charge in [0.05, 0.1) is 0 Å². The molecule has 1 atom stereocenters. The van der Waals surface area contributed by atoms with E-state index in [-0.39, 0.29) is 0 Å². The van der Waals surface area contributed by atoms with Crippen molar-refractivity contribution in [2.24, 2.45) is 0 Å². The minimum atomic E-state index is -1.85. The molecule has 124 valence electrons. The van der Waals surface area contributed by atoms with E-state index in [1.165, 1.54) is 4.90 Å². The van der Waals surface area contributed by atoms with Gasteiger partial charge in [-0.15, -0.1) is 0 Å². The number of nitrogens with zero attached hydrogens (tertiary/aromatic N) is 1. The second-order valence-corrected chi connectivity index (χ2v) is 7.75. The summed E-state index contributed by atoms with van der Waals surface area (Å²) in [4.78, 5) is 13.2. The van der Waals surface area contributed by atoms with Crippen LogP contribution in [0.15, 0.2) is 36.4 Å². The zero-order valence-corrected chi connectivity index (χ0v) is 15.3. The maximum Gasteiger partial charge on any atom is 0.319 e. The Kier molecular flexibility index (Phi) is 5.74. The van der Waals surface area contributed by atoms with Crippen molar-refractivity contribution in [3.8, 4) is 5.75 Å². The molecule has 2 aromatic carbocycles. The number of fused-ring (bicyclic) bond motifs is 1. The average Bonchev–Trinajstić information content (AvgIpc) is 2.48. The Balaban J connectivity index is 2.37. The topological polar surface area (TPSA) is 41.6 Å². The summed E-state index contributed by atoms with van der Waals surface area (Å²) in [5.41, 5.74) is 0. The van der Waals surface area contributed by atoms with Crippen molar-refractivity contribution in [3.05, 3.63) is 41.4 Å². The molecule has 0 radical (unpaired) electrons. The van der Waals surface area contributed by atoms with Crippen LogP contribution < -0.4 is 10.1 Å². The third-order valence-corrected chi connectivity index (χ3v) is 3.96. The van der Waals surface area contributed by atoms with Gasteiger partial charge in [0, 0.05) is 29.9 Å². The van der Waals surface area contributed by atoms with Crippen molar-refractivity contribution in [1.82, 2.24) is 10.2 Å². The van der Waals surface area contributed by atoms with Gasteiger partial charge in [-0.2, -0.15) is 0 Å². The number of alkyl halides is 3. The van der Waals surface area contributed by atoms with Crippen LogP contribution >= 0.6 is 46.4 Å². The fraction of sp³-hybridized carbons (Fsp3) is 0.267. The van der Waals surface area contributed by atoms with Gasteiger partial charge >= 0.3 is 6.03 Å². The van der Waals surface area contributed by atoms with Crippen LogP contribution in [0.5, 0.6) is 5.75 Å². The smallest absolute Gasteiger partial charge is 0.319 e. The van der Waals surface area contributed by atoms with Crippen molar-refractivity contribution >= 4 is 63.2 Å². The summed E-state index contributed by atoms with van der Waals surface area (Å²) in [6.45, 7) is 0. The Labute approximate surface area is 154 Å². The number of hydrogen-bond acceptors (Lipinski definition) is 2. The Morgan fingerprint density at radius 2 is 1.74 bits per heavy atom. The van der Waals surface area contributed by atoms with Gasteiger partial charge in [0.25, 0.3) is 0 Å². The number of ether oxygens (including phenoxy) is 1. The molecule has 0 fully saturated rings. The van der Waals surface area contributed by atoms with E-state index < -0.39 is 16.1 Å². The van der Waals surface area contributed by atoms with Crippen LogP contribution in [-0.2, 0) is 0 Å². The Morgan fingerprint density at radius 3 is 2.30 bits per heavy atom. The number of benzene rings is 2. The summed E-state index contributed by atoms with van der Waals surface area (Å²) in [6, 6.07) is 10.3. The van der Waals surface area contributed by atoms with Crippen LogP contribution in [0.2, 0.25) is 5.02 Å². The molecule has 2 aromatic rings. The Morgan fingerprint density at radius 1 is 1.13 bits per heavy atom. The molecule has 0 aromatic heterocycles. The first kappa shape index (κ1) is 18.3. The molecular weight excluding hydrogens is 382 g/mol. The zero-order chi connectivity index (χ0) is 17.2. The van der Waals surface area contributed by atoms with Gasteiger partial charge < -0.3 is 9.64 Å². The third-order valence-electron chi connectivity index (χ3n) is 3.03. The number of carbonyl (C=O) groups excluding carboxylic acids is 1. The molecule has 0 saturated carbocycles. The van der Waals surface area contributed by atoms with Crippen LogP contribution in [0.1, 0.15) is 0 Å². The lowest BCUT2D eigenvalue weighted by Crippen LogP contribution is -2.50. The molecular formula is C15H14Cl4N2O2. The quantitative estimate of drug-likeness (QED) is 0.596. The van der Waals surface area contributed by atoms with Crippen LogP contribution in [0.4, 0.5) is 4.79 Å². The summed E-state index contributed by atoms with van der Waals surface area (Å²) in [5, 5.41) is 4.65. The molecule has 0 saturated heterocycles. The number of halogens is 4. The highest BCUT2D eigenvalue weighted by atomic mass is 35.6. The molecule has 2 rings (SSSR count). The van der Waals surface area contributed by atoms with Crippen molar-refractivity contribution in [3.63, 3.8) is 0 Å². The van der Waals surface area contributed by atoms with Gasteiger partial charge in [0.2, 0.25) is 10.0 Å². The Hall–Kier alpha value is -1.07. The van der Waals surface area contributed by atoms with Gasteiger partial charge in [-0.05, 0) is 12.1 Å². The van der Waals surface area contributed by atoms with Crippen LogP contribution in [0, 0.1) is 0 Å². The lowest BCUT2D eigenvalue weighted by atomic mass is 10.1. The second kappa shape index (κ2) is 7.22. The predicted molar refractivity (Wildman–Crippen MR) is 95.9 cm³/mol. The summed E-state index contributed by atoms with van der Waals surface area (Å²) < 4.78 is 3.90. The monoisotopic (exact) mass is 394 g/mol. The van der Waals surface area contributed by atoms with E-state index in [1.54, 1.807) is 26.2 Å². The molecule has 4 nitrogen and oxygen atoms in total. The highest BCUT2D eigenvalue weighted by Gasteiger charge is 2.36. The lowest BCUT2D eigenvalue weighted by molar-refractivity contribution is 0.155. The number of urea groups is 1. The van der Waals surface area contributed by atoms with E-state index in [1.807, 2.05) is 24.3 Å². The highest BCUT2D eigenvalue weighted by molar-refractivity contribution is 6.68. The number of nitrogens with one attached hydrogen (secondary N) is 1. The molecule has 0 aliphatic rings. The fourth-order valence-electron chi connectivity index (χ4n) is 1.88. The van der Waals surface area contributed by atoms with E-state index in [0.29, 0.717) is 10.8 Å². The first-order chi connectivity index (χ1) is 10.7. The predicted octanol–water partition coefficient (Wildman–Crippen LogP) is 4.84. The molecule has 1 N–H and O–H groups in total. The third kappa shape index (κ3) is 4.48. The lowest BCUT2D eigenvalue weighted by Gasteiger charge is -2.28. The zero-order valence-electron chi connectivity index (χ0n) is 12.3. The molecule has 0 aliphatic heterocycles. The minimum absolute atomic E-state index is 0.445. The molecule has 8 heteroatoms. The molecule has 0 aliphatic carbocycles. The highest BCUT2D eigenvalue weighted by Crippen LogP contribution is 2.36. The van der Waals surface area contributed by atoms with E-state index in [2.05, 4.69) is 5.32 Å². The average molecular weight is 396 g/mol. The largest absolute Gasteiger partial charge is 0.465 e. The summed E-state index contributed by atoms with van der Waals surface area (Å²) in [5.74, 6) is 0.445. The maximum absolute atomic E-state index is 11.8. The summed E-state index contributed by atoms with van der Waals surface area (Å²) >= 11 is 24.0. The SMILES string of the molecule is CN(C)C(=O)NC(Oc1ccc(Cl)c2ccccc12)C(Cl)(Cl)Cl. The number of amides is 2. The molecule has 0 bridgehead atoms. The summed E-state index contributed by atoms with van der Waals surface area (Å²) in [6.07, 6.45) is -1.17. The van der Waals surface area contributed by atoms with Gasteiger partial charge in [-0.3, -0.25) is 5.32 Å². The molecule has 0 heterocycles. The molecule has 23 heavy (non-hydrogen) atoms. The number of hydrogen-bond donors (Lipinski definition) is 1. The van der Waals surface area contributed by atoms with Gasteiger partial charge in [0.1, 0.15) is 5.75 Å². The first-order valence-electron chi connectivity index (χ1n) is 6.58. The fourth-order valence-corrected chi connectivity index (χ4v) is 2.41. The second-order valence-electron chi connectivity index (χ2n) is 4.97. The standard InChI is InChI=1S/C15H14Cl4N2O2/c1-21(2)14(22)20-13(15(17,18)19)23-12-8-7-11(16)9-5-3-4-6-10(9)12/h3-8,13H,1-2H3,(H,20,22). The number of carbonyl (C=O) groups is 1. The number of rotatable bonds is 3. The van der Waals surface area contributed by atoms with E-state index in [4.69, 9.17) is 51.1 Å². The molecule has 2 amide bonds. The van der Waals surface area contributed by atoms with Gasteiger partial charge in [-0.1, -0.05) is 70.7 Å². The van der Waals surface area contributed by atoms with E-state index >= 15 is 0 Å². The van der Waals surface area contributed by atoms with Crippen molar-refractivity contribution in [2.75, 3.05) is 14.1 Å². The normalized spacial score (nSPS) is 12.8. The van der Waals surface area contributed by atoms with E-state index in [0.717, 1.165) is 10.8 Å². The van der Waals surface area contributed by atoms with Crippen LogP contribution in [0.25, 0.3) is 10.8 Å². The van der Waals surface area contributed by atoms with Crippen LogP contribution in [-0.4, -0.2) is 35.0 Å². The molecule has 1 unspecified atom stereocenters. The van der Waals surface area contributed by atoms with Crippen molar-refractivity contribution in [1.29, 1.82) is 0 Å².